The molecule has 4 heteroatoms. The van der Waals surface area contributed by atoms with Crippen LogP contribution < -0.4 is 5.32 Å². The zero-order chi connectivity index (χ0) is 11.6. The molecule has 2 rings (SSSR count). The van der Waals surface area contributed by atoms with Gasteiger partial charge in [0, 0.05) is 16.9 Å². The van der Waals surface area contributed by atoms with Gasteiger partial charge in [-0.3, -0.25) is 0 Å². The van der Waals surface area contributed by atoms with Crippen molar-refractivity contribution in [3.05, 3.63) is 20.8 Å². The summed E-state index contributed by atoms with van der Waals surface area (Å²) in [6.07, 6.45) is 4.12. The van der Waals surface area contributed by atoms with Gasteiger partial charge in [0.05, 0.1) is 4.88 Å². The quantitative estimate of drug-likeness (QED) is 0.881. The van der Waals surface area contributed by atoms with Crippen molar-refractivity contribution in [3.63, 3.8) is 0 Å². The molecule has 0 aromatic carbocycles. The Balaban J connectivity index is 2.04. The van der Waals surface area contributed by atoms with Crippen LogP contribution in [-0.2, 0) is 5.67 Å². The summed E-state index contributed by atoms with van der Waals surface area (Å²) in [7, 11) is 0. The molecule has 2 unspecified atom stereocenters. The van der Waals surface area contributed by atoms with E-state index >= 15 is 0 Å². The standard InChI is InChI=1S/C12H17BrFNS/c1-12(14,11-10(13)5-7-16-11)8-9-4-2-3-6-15-9/h5,7,9,15H,2-4,6,8H2,1H3. The summed E-state index contributed by atoms with van der Waals surface area (Å²) in [6, 6.07) is 2.25. The zero-order valence-electron chi connectivity index (χ0n) is 9.43. The molecule has 1 nitrogen and oxygen atoms in total. The third kappa shape index (κ3) is 2.84. The number of nitrogens with one attached hydrogen (secondary N) is 1. The number of hydrogen-bond donors (Lipinski definition) is 1. The summed E-state index contributed by atoms with van der Waals surface area (Å²) in [6.45, 7) is 2.73. The van der Waals surface area contributed by atoms with Gasteiger partial charge >= 0.3 is 0 Å². The second kappa shape index (κ2) is 5.15. The van der Waals surface area contributed by atoms with Crippen molar-refractivity contribution in [2.24, 2.45) is 0 Å². The number of halogens is 2. The molecule has 16 heavy (non-hydrogen) atoms. The minimum atomic E-state index is -1.22. The first-order valence-electron chi connectivity index (χ1n) is 5.75. The topological polar surface area (TPSA) is 12.0 Å². The van der Waals surface area contributed by atoms with Gasteiger partial charge in [0.2, 0.25) is 0 Å². The first kappa shape index (κ1) is 12.5. The van der Waals surface area contributed by atoms with Crippen molar-refractivity contribution in [1.29, 1.82) is 0 Å². The molecule has 1 aromatic rings. The summed E-state index contributed by atoms with van der Waals surface area (Å²) in [5.41, 5.74) is -1.22. The van der Waals surface area contributed by atoms with Crippen LogP contribution >= 0.6 is 27.3 Å². The van der Waals surface area contributed by atoms with E-state index in [-0.39, 0.29) is 0 Å². The van der Waals surface area contributed by atoms with Crippen LogP contribution in [0.5, 0.6) is 0 Å². The van der Waals surface area contributed by atoms with Gasteiger partial charge < -0.3 is 5.32 Å². The lowest BCUT2D eigenvalue weighted by Crippen LogP contribution is -2.38. The van der Waals surface area contributed by atoms with E-state index in [1.54, 1.807) is 6.92 Å². The Morgan fingerprint density at radius 1 is 1.62 bits per heavy atom. The van der Waals surface area contributed by atoms with E-state index in [1.165, 1.54) is 24.2 Å². The third-order valence-electron chi connectivity index (χ3n) is 3.13. The predicted molar refractivity (Wildman–Crippen MR) is 70.7 cm³/mol. The molecule has 1 fully saturated rings. The van der Waals surface area contributed by atoms with Gasteiger partial charge in [0.25, 0.3) is 0 Å². The van der Waals surface area contributed by atoms with Crippen molar-refractivity contribution < 1.29 is 4.39 Å². The smallest absolute Gasteiger partial charge is 0.144 e. The van der Waals surface area contributed by atoms with Crippen molar-refractivity contribution in [1.82, 2.24) is 5.32 Å². The van der Waals surface area contributed by atoms with E-state index in [9.17, 15) is 4.39 Å². The molecule has 1 aromatic heterocycles. The van der Waals surface area contributed by atoms with E-state index in [4.69, 9.17) is 0 Å². The number of piperidine rings is 1. The van der Waals surface area contributed by atoms with Gasteiger partial charge in [0.15, 0.2) is 0 Å². The fourth-order valence-corrected chi connectivity index (χ4v) is 4.17. The zero-order valence-corrected chi connectivity index (χ0v) is 11.8. The molecule has 2 atom stereocenters. The summed E-state index contributed by atoms with van der Waals surface area (Å²) in [5, 5.41) is 5.34. The lowest BCUT2D eigenvalue weighted by molar-refractivity contribution is 0.149. The second-order valence-electron chi connectivity index (χ2n) is 4.65. The fourth-order valence-electron chi connectivity index (χ4n) is 2.32. The highest BCUT2D eigenvalue weighted by Crippen LogP contribution is 2.39. The molecule has 0 bridgehead atoms. The van der Waals surface area contributed by atoms with Crippen LogP contribution in [0, 0.1) is 0 Å². The van der Waals surface area contributed by atoms with Gasteiger partial charge in [-0.15, -0.1) is 11.3 Å². The van der Waals surface area contributed by atoms with Crippen molar-refractivity contribution in [3.8, 4) is 0 Å². The maximum Gasteiger partial charge on any atom is 0.144 e. The SMILES string of the molecule is CC(F)(CC1CCCCN1)c1sccc1Br. The van der Waals surface area contributed by atoms with Crippen LogP contribution in [0.25, 0.3) is 0 Å². The number of hydrogen-bond acceptors (Lipinski definition) is 2. The highest BCUT2D eigenvalue weighted by atomic mass is 79.9. The number of alkyl halides is 1. The molecule has 1 N–H and O–H groups in total. The minimum absolute atomic E-state index is 0.331. The first-order valence-corrected chi connectivity index (χ1v) is 7.42. The highest BCUT2D eigenvalue weighted by molar-refractivity contribution is 9.10. The molecule has 0 saturated carbocycles. The molecule has 0 spiro atoms. The van der Waals surface area contributed by atoms with Gasteiger partial charge in [-0.05, 0) is 53.7 Å². The van der Waals surface area contributed by atoms with E-state index in [0.29, 0.717) is 12.5 Å². The van der Waals surface area contributed by atoms with E-state index in [2.05, 4.69) is 21.2 Å². The molecular formula is C12H17BrFNS. The Morgan fingerprint density at radius 3 is 3.00 bits per heavy atom. The minimum Gasteiger partial charge on any atom is -0.314 e. The van der Waals surface area contributed by atoms with Crippen LogP contribution in [0.3, 0.4) is 0 Å². The maximum absolute atomic E-state index is 14.6. The normalized spacial score (nSPS) is 25.3. The Kier molecular flexibility index (Phi) is 4.03. The van der Waals surface area contributed by atoms with Crippen molar-refractivity contribution in [2.45, 2.75) is 44.3 Å². The van der Waals surface area contributed by atoms with Crippen molar-refractivity contribution >= 4 is 27.3 Å². The average Bonchev–Trinajstić information content (AvgIpc) is 2.66. The van der Waals surface area contributed by atoms with Crippen LogP contribution in [0.1, 0.15) is 37.5 Å². The summed E-state index contributed by atoms with van der Waals surface area (Å²) < 4.78 is 15.5. The first-order chi connectivity index (χ1) is 7.59. The number of thiophene rings is 1. The molecule has 1 saturated heterocycles. The van der Waals surface area contributed by atoms with Crippen LogP contribution in [0.2, 0.25) is 0 Å². The van der Waals surface area contributed by atoms with E-state index in [0.717, 1.165) is 22.3 Å². The second-order valence-corrected chi connectivity index (χ2v) is 6.42. The van der Waals surface area contributed by atoms with Crippen molar-refractivity contribution in [2.75, 3.05) is 6.54 Å². The molecular weight excluding hydrogens is 289 g/mol. The van der Waals surface area contributed by atoms with E-state index in [1.807, 2.05) is 11.4 Å². The van der Waals surface area contributed by atoms with Gasteiger partial charge in [-0.25, -0.2) is 4.39 Å². The molecule has 0 radical (unpaired) electrons. The Morgan fingerprint density at radius 2 is 2.44 bits per heavy atom. The Bertz CT molecular complexity index is 345. The molecule has 0 amide bonds. The van der Waals surface area contributed by atoms with Crippen LogP contribution in [0.4, 0.5) is 4.39 Å². The lowest BCUT2D eigenvalue weighted by atomic mass is 9.92. The largest absolute Gasteiger partial charge is 0.314 e. The van der Waals surface area contributed by atoms with Gasteiger partial charge in [0.1, 0.15) is 5.67 Å². The molecule has 1 aliphatic rings. The monoisotopic (exact) mass is 305 g/mol. The average molecular weight is 306 g/mol. The number of rotatable bonds is 3. The van der Waals surface area contributed by atoms with E-state index < -0.39 is 5.67 Å². The fraction of sp³-hybridized carbons (Fsp3) is 0.667. The predicted octanol–water partition coefficient (Wildman–Crippen LogP) is 4.23. The molecule has 1 aliphatic heterocycles. The molecule has 2 heterocycles. The van der Waals surface area contributed by atoms with Gasteiger partial charge in [-0.2, -0.15) is 0 Å². The summed E-state index contributed by atoms with van der Waals surface area (Å²) in [5.74, 6) is 0. The lowest BCUT2D eigenvalue weighted by Gasteiger charge is -2.29. The Hall–Kier alpha value is 0.0700. The molecule has 0 aliphatic carbocycles. The van der Waals surface area contributed by atoms with Crippen LogP contribution in [0.15, 0.2) is 15.9 Å². The maximum atomic E-state index is 14.6. The van der Waals surface area contributed by atoms with Crippen LogP contribution in [-0.4, -0.2) is 12.6 Å². The Labute approximate surface area is 109 Å². The van der Waals surface area contributed by atoms with Gasteiger partial charge in [-0.1, -0.05) is 6.42 Å². The summed E-state index contributed by atoms with van der Waals surface area (Å²) >= 11 is 4.91. The summed E-state index contributed by atoms with van der Waals surface area (Å²) in [4.78, 5) is 0.819. The highest BCUT2D eigenvalue weighted by Gasteiger charge is 2.33. The third-order valence-corrected chi connectivity index (χ3v) is 5.21. The molecule has 90 valence electrons.